The minimum atomic E-state index is -4.90. The highest BCUT2D eigenvalue weighted by Gasteiger charge is 2.40. The van der Waals surface area contributed by atoms with E-state index in [0.717, 1.165) is 6.92 Å². The van der Waals surface area contributed by atoms with Crippen LogP contribution in [0, 0.1) is 0 Å². The smallest absolute Gasteiger partial charge is 0.300 e. The molecule has 0 saturated heterocycles. The van der Waals surface area contributed by atoms with Crippen molar-refractivity contribution in [1.82, 2.24) is 0 Å². The van der Waals surface area contributed by atoms with Crippen LogP contribution in [0.4, 0.5) is 17.6 Å². The Kier molecular flexibility index (Phi) is 2.80. The second kappa shape index (κ2) is 2.98. The van der Waals surface area contributed by atoms with Crippen LogP contribution in [0.1, 0.15) is 13.3 Å². The highest BCUT2D eigenvalue weighted by atomic mass is 19.4. The lowest BCUT2D eigenvalue weighted by Crippen LogP contribution is -2.26. The van der Waals surface area contributed by atoms with E-state index < -0.39 is 24.6 Å². The Labute approximate surface area is 55.0 Å². The average Bonchev–Trinajstić information content (AvgIpc) is 1.60. The summed E-state index contributed by atoms with van der Waals surface area (Å²) >= 11 is 0. The van der Waals surface area contributed by atoms with Gasteiger partial charge in [-0.1, -0.05) is 0 Å². The van der Waals surface area contributed by atoms with E-state index >= 15 is 0 Å². The Morgan fingerprint density at radius 3 is 2.00 bits per heavy atom. The average molecular weight is 158 g/mol. The first-order chi connectivity index (χ1) is 4.34. The Balaban J connectivity index is 3.85. The van der Waals surface area contributed by atoms with Gasteiger partial charge in [-0.2, -0.15) is 13.2 Å². The molecule has 0 aromatic carbocycles. The molecule has 1 unspecified atom stereocenters. The third-order valence-corrected chi connectivity index (χ3v) is 0.822. The Morgan fingerprint density at radius 2 is 1.90 bits per heavy atom. The molecule has 10 heavy (non-hydrogen) atoms. The summed E-state index contributed by atoms with van der Waals surface area (Å²) in [7, 11) is 0. The fraction of sp³-hybridized carbons (Fsp3) is 0.800. The molecule has 5 heteroatoms. The van der Waals surface area contributed by atoms with Crippen LogP contribution in [0.15, 0.2) is 0 Å². The summed E-state index contributed by atoms with van der Waals surface area (Å²) in [5.41, 5.74) is 0. The number of carbonyl (C=O) groups excluding carboxylic acids is 1. The summed E-state index contributed by atoms with van der Waals surface area (Å²) in [4.78, 5) is 9.96. The van der Waals surface area contributed by atoms with E-state index in [0.29, 0.717) is 0 Å². The lowest BCUT2D eigenvalue weighted by molar-refractivity contribution is -0.183. The van der Waals surface area contributed by atoms with Gasteiger partial charge in [0, 0.05) is 6.42 Å². The van der Waals surface area contributed by atoms with Crippen LogP contribution in [-0.4, -0.2) is 18.1 Å². The highest BCUT2D eigenvalue weighted by Crippen LogP contribution is 2.25. The van der Waals surface area contributed by atoms with Gasteiger partial charge in [-0.15, -0.1) is 0 Å². The first-order valence-electron chi connectivity index (χ1n) is 2.54. The van der Waals surface area contributed by atoms with Crippen molar-refractivity contribution in [3.8, 4) is 0 Å². The van der Waals surface area contributed by atoms with E-state index in [1.54, 1.807) is 0 Å². The SMILES string of the molecule is CC(=O)CC(F)C(F)(F)F. The largest absolute Gasteiger partial charge is 0.420 e. The number of alkyl halides is 4. The lowest BCUT2D eigenvalue weighted by atomic mass is 10.2. The molecule has 0 spiro atoms. The van der Waals surface area contributed by atoms with Crippen molar-refractivity contribution in [2.75, 3.05) is 0 Å². The molecule has 0 heterocycles. The van der Waals surface area contributed by atoms with Gasteiger partial charge in [0.25, 0.3) is 0 Å². The van der Waals surface area contributed by atoms with Gasteiger partial charge in [-0.25, -0.2) is 4.39 Å². The molecule has 0 bridgehead atoms. The summed E-state index contributed by atoms with van der Waals surface area (Å²) in [6.45, 7) is 0.915. The molecule has 0 aromatic rings. The van der Waals surface area contributed by atoms with Gasteiger partial charge in [-0.3, -0.25) is 4.79 Å². The van der Waals surface area contributed by atoms with Crippen LogP contribution in [0.25, 0.3) is 0 Å². The molecule has 0 saturated carbocycles. The van der Waals surface area contributed by atoms with E-state index in [9.17, 15) is 22.4 Å². The molecule has 0 aliphatic heterocycles. The second-order valence-corrected chi connectivity index (χ2v) is 1.92. The molecule has 60 valence electrons. The first kappa shape index (κ1) is 9.39. The van der Waals surface area contributed by atoms with Gasteiger partial charge in [0.2, 0.25) is 6.17 Å². The molecule has 0 N–H and O–H groups in total. The summed E-state index contributed by atoms with van der Waals surface area (Å²) in [6, 6.07) is 0. The predicted octanol–water partition coefficient (Wildman–Crippen LogP) is 1.87. The molecule has 0 radical (unpaired) electrons. The molecule has 1 atom stereocenters. The topological polar surface area (TPSA) is 17.1 Å². The fourth-order valence-corrected chi connectivity index (χ4v) is 0.368. The first-order valence-corrected chi connectivity index (χ1v) is 2.54. The zero-order valence-corrected chi connectivity index (χ0v) is 5.20. The number of hydrogen-bond donors (Lipinski definition) is 0. The quantitative estimate of drug-likeness (QED) is 0.560. The fourth-order valence-electron chi connectivity index (χ4n) is 0.368. The Hall–Kier alpha value is -0.610. The van der Waals surface area contributed by atoms with Crippen molar-refractivity contribution < 1.29 is 22.4 Å². The van der Waals surface area contributed by atoms with Crippen molar-refractivity contribution in [1.29, 1.82) is 0 Å². The standard InChI is InChI=1S/C5H6F4O/c1-3(10)2-4(6)5(7,8)9/h4H,2H2,1H3. The highest BCUT2D eigenvalue weighted by molar-refractivity contribution is 5.76. The van der Waals surface area contributed by atoms with Crippen LogP contribution in [0.3, 0.4) is 0 Å². The monoisotopic (exact) mass is 158 g/mol. The summed E-state index contributed by atoms with van der Waals surface area (Å²) < 4.78 is 45.7. The predicted molar refractivity (Wildman–Crippen MR) is 26.2 cm³/mol. The van der Waals surface area contributed by atoms with Crippen LogP contribution in [0.5, 0.6) is 0 Å². The Bertz CT molecular complexity index is 128. The normalized spacial score (nSPS) is 14.9. The number of rotatable bonds is 2. The van der Waals surface area contributed by atoms with Crippen molar-refractivity contribution in [3.63, 3.8) is 0 Å². The third-order valence-electron chi connectivity index (χ3n) is 0.822. The van der Waals surface area contributed by atoms with Gasteiger partial charge in [-0.05, 0) is 6.92 Å². The molecular weight excluding hydrogens is 152 g/mol. The van der Waals surface area contributed by atoms with E-state index in [4.69, 9.17) is 0 Å². The molecule has 0 aliphatic carbocycles. The van der Waals surface area contributed by atoms with Gasteiger partial charge < -0.3 is 0 Å². The summed E-state index contributed by atoms with van der Waals surface area (Å²) in [6.07, 6.45) is -8.99. The van der Waals surface area contributed by atoms with Crippen LogP contribution >= 0.6 is 0 Å². The van der Waals surface area contributed by atoms with Crippen LogP contribution in [0.2, 0.25) is 0 Å². The summed E-state index contributed by atoms with van der Waals surface area (Å²) in [5.74, 6) is -0.801. The van der Waals surface area contributed by atoms with E-state index in [2.05, 4.69) is 0 Å². The zero-order chi connectivity index (χ0) is 8.36. The molecular formula is C5H6F4O. The minimum absolute atomic E-state index is 0.801. The molecule has 1 nitrogen and oxygen atoms in total. The van der Waals surface area contributed by atoms with Crippen molar-refractivity contribution in [2.24, 2.45) is 0 Å². The van der Waals surface area contributed by atoms with Gasteiger partial charge >= 0.3 is 6.18 Å². The van der Waals surface area contributed by atoms with Crippen LogP contribution < -0.4 is 0 Å². The maximum absolute atomic E-state index is 11.8. The molecule has 0 aromatic heterocycles. The molecule has 0 fully saturated rings. The third kappa shape index (κ3) is 3.42. The lowest BCUT2D eigenvalue weighted by Gasteiger charge is -2.09. The maximum atomic E-state index is 11.8. The van der Waals surface area contributed by atoms with E-state index in [1.165, 1.54) is 0 Å². The molecule has 0 rings (SSSR count). The van der Waals surface area contributed by atoms with Gasteiger partial charge in [0.15, 0.2) is 0 Å². The van der Waals surface area contributed by atoms with Crippen LogP contribution in [-0.2, 0) is 4.79 Å². The summed E-state index contributed by atoms with van der Waals surface area (Å²) in [5, 5.41) is 0. The van der Waals surface area contributed by atoms with Crippen molar-refractivity contribution in [3.05, 3.63) is 0 Å². The van der Waals surface area contributed by atoms with E-state index in [-0.39, 0.29) is 0 Å². The number of hydrogen-bond acceptors (Lipinski definition) is 1. The van der Waals surface area contributed by atoms with Crippen molar-refractivity contribution >= 4 is 5.78 Å². The number of carbonyl (C=O) groups is 1. The van der Waals surface area contributed by atoms with Gasteiger partial charge in [0.1, 0.15) is 5.78 Å². The Morgan fingerprint density at radius 1 is 1.50 bits per heavy atom. The zero-order valence-electron chi connectivity index (χ0n) is 5.20. The maximum Gasteiger partial charge on any atom is 0.420 e. The van der Waals surface area contributed by atoms with Gasteiger partial charge in [0.05, 0.1) is 0 Å². The minimum Gasteiger partial charge on any atom is -0.300 e. The number of halogens is 4. The number of ketones is 1. The molecule has 0 amide bonds. The van der Waals surface area contributed by atoms with Crippen molar-refractivity contribution in [2.45, 2.75) is 25.7 Å². The second-order valence-electron chi connectivity index (χ2n) is 1.92. The molecule has 0 aliphatic rings. The van der Waals surface area contributed by atoms with E-state index in [1.807, 2.05) is 0 Å². The number of Topliss-reactive ketones (excluding diaryl/α,β-unsaturated/α-hetero) is 1.